The smallest absolute Gasteiger partial charge is 0.352 e. The molecule has 1 aromatic heterocycles. The van der Waals surface area contributed by atoms with Gasteiger partial charge < -0.3 is 4.74 Å². The second-order valence-electron chi connectivity index (χ2n) is 6.13. The van der Waals surface area contributed by atoms with Gasteiger partial charge in [-0.25, -0.2) is 23.5 Å². The number of benzene rings is 1. The van der Waals surface area contributed by atoms with E-state index in [-0.39, 0.29) is 23.5 Å². The molecular weight excluding hydrogens is 386 g/mol. The summed E-state index contributed by atoms with van der Waals surface area (Å²) in [5, 5.41) is 0.759. The summed E-state index contributed by atoms with van der Waals surface area (Å²) in [5.41, 5.74) is 1.06. The topological polar surface area (TPSA) is 58.2 Å². The van der Waals surface area contributed by atoms with E-state index in [1.807, 2.05) is 36.4 Å². The normalized spacial score (nSPS) is 22.5. The van der Waals surface area contributed by atoms with Crippen molar-refractivity contribution < 1.29 is 4.74 Å². The number of nitrogens with zero attached hydrogens (tertiary/aromatic N) is 3. The van der Waals surface area contributed by atoms with Gasteiger partial charge in [-0.05, 0) is 17.7 Å². The fourth-order valence-corrected chi connectivity index (χ4v) is 3.71. The van der Waals surface area contributed by atoms with E-state index >= 15 is 0 Å². The summed E-state index contributed by atoms with van der Waals surface area (Å²) < 4.78 is 10.2. The monoisotopic (exact) mass is 403 g/mol. The van der Waals surface area contributed by atoms with Gasteiger partial charge in [-0.2, -0.15) is 0 Å². The van der Waals surface area contributed by atoms with E-state index in [9.17, 15) is 9.59 Å². The highest BCUT2D eigenvalue weighted by Crippen LogP contribution is 2.31. The summed E-state index contributed by atoms with van der Waals surface area (Å²) in [5.74, 6) is 0. The average molecular weight is 404 g/mol. The van der Waals surface area contributed by atoms with Gasteiger partial charge in [-0.1, -0.05) is 52.4 Å². The zero-order valence-corrected chi connectivity index (χ0v) is 15.1. The predicted molar refractivity (Wildman–Crippen MR) is 98.7 cm³/mol. The molecule has 25 heavy (non-hydrogen) atoms. The number of hydrogen-bond acceptors (Lipinski definition) is 3. The SMILES string of the molecule is O=c1n(-c2ccccc2)c(=O)n2n1CC=C1CO[C@H](/C=C/CBr)C[C@H]12. The zero-order chi connectivity index (χ0) is 17.4. The third-order valence-corrected chi connectivity index (χ3v) is 5.06. The Hall–Kier alpha value is -2.12. The molecule has 1 saturated heterocycles. The molecule has 0 aliphatic carbocycles. The maximum Gasteiger partial charge on any atom is 0.352 e. The summed E-state index contributed by atoms with van der Waals surface area (Å²) in [7, 11) is 0. The van der Waals surface area contributed by atoms with Gasteiger partial charge in [0.15, 0.2) is 0 Å². The highest BCUT2D eigenvalue weighted by Gasteiger charge is 2.33. The molecule has 7 heteroatoms. The van der Waals surface area contributed by atoms with Crippen LogP contribution in [0.3, 0.4) is 0 Å². The van der Waals surface area contributed by atoms with Gasteiger partial charge in [0.05, 0.1) is 31.0 Å². The average Bonchev–Trinajstić information content (AvgIpc) is 2.91. The fourth-order valence-electron chi connectivity index (χ4n) is 3.49. The zero-order valence-electron chi connectivity index (χ0n) is 13.5. The molecule has 130 valence electrons. The van der Waals surface area contributed by atoms with Crippen LogP contribution in [0.2, 0.25) is 0 Å². The Bertz CT molecular complexity index is 952. The fraction of sp³-hybridized carbons (Fsp3) is 0.333. The van der Waals surface area contributed by atoms with Crippen LogP contribution in [-0.2, 0) is 11.3 Å². The van der Waals surface area contributed by atoms with Crippen molar-refractivity contribution in [2.45, 2.75) is 25.1 Å². The van der Waals surface area contributed by atoms with E-state index in [0.29, 0.717) is 25.3 Å². The maximum absolute atomic E-state index is 13.0. The molecule has 3 heterocycles. The number of para-hydroxylation sites is 1. The lowest BCUT2D eigenvalue weighted by atomic mass is 9.96. The summed E-state index contributed by atoms with van der Waals surface area (Å²) in [6, 6.07) is 8.91. The standard InChI is InChI=1S/C18H18BrN3O3/c19-9-4-7-15-11-16-13(12-25-15)8-10-20-17(23)21(18(24)22(16)20)14-5-2-1-3-6-14/h1-8,15-16H,9-12H2/b7-4+/t15-,16-/m1/s1. The number of halogens is 1. The first-order chi connectivity index (χ1) is 12.2. The first-order valence-electron chi connectivity index (χ1n) is 8.23. The molecule has 0 bridgehead atoms. The lowest BCUT2D eigenvalue weighted by Crippen LogP contribution is -2.40. The van der Waals surface area contributed by atoms with Gasteiger partial charge in [-0.15, -0.1) is 0 Å². The van der Waals surface area contributed by atoms with Gasteiger partial charge in [0.25, 0.3) is 0 Å². The first kappa shape index (κ1) is 16.4. The first-order valence-corrected chi connectivity index (χ1v) is 9.36. The third kappa shape index (κ3) is 2.77. The van der Waals surface area contributed by atoms with Crippen molar-refractivity contribution in [2.75, 3.05) is 11.9 Å². The van der Waals surface area contributed by atoms with Gasteiger partial charge >= 0.3 is 11.4 Å². The Kier molecular flexibility index (Phi) is 4.35. The molecule has 4 rings (SSSR count). The Morgan fingerprint density at radius 1 is 1.20 bits per heavy atom. The van der Waals surface area contributed by atoms with Crippen molar-refractivity contribution in [1.29, 1.82) is 0 Å². The van der Waals surface area contributed by atoms with Crippen molar-refractivity contribution in [1.82, 2.24) is 13.9 Å². The minimum absolute atomic E-state index is 0.0617. The molecule has 0 unspecified atom stereocenters. The Labute approximate surface area is 152 Å². The van der Waals surface area contributed by atoms with E-state index in [4.69, 9.17) is 4.74 Å². The summed E-state index contributed by atoms with van der Waals surface area (Å²) in [6.07, 6.45) is 6.58. The molecule has 0 radical (unpaired) electrons. The summed E-state index contributed by atoms with van der Waals surface area (Å²) in [4.78, 5) is 25.8. The second kappa shape index (κ2) is 6.65. The van der Waals surface area contributed by atoms with Gasteiger partial charge in [0.2, 0.25) is 0 Å². The molecule has 1 fully saturated rings. The van der Waals surface area contributed by atoms with Crippen LogP contribution in [0.15, 0.2) is 63.7 Å². The Morgan fingerprint density at radius 2 is 2.00 bits per heavy atom. The van der Waals surface area contributed by atoms with Gasteiger partial charge in [-0.3, -0.25) is 0 Å². The van der Waals surface area contributed by atoms with Crippen molar-refractivity contribution in [3.63, 3.8) is 0 Å². The number of fused-ring (bicyclic) bond motifs is 3. The number of allylic oxidation sites excluding steroid dienone is 2. The molecule has 1 aromatic carbocycles. The molecule has 0 amide bonds. The molecule has 2 aliphatic rings. The summed E-state index contributed by atoms with van der Waals surface area (Å²) >= 11 is 3.36. The highest BCUT2D eigenvalue weighted by molar-refractivity contribution is 9.09. The Balaban J connectivity index is 1.79. The highest BCUT2D eigenvalue weighted by atomic mass is 79.9. The molecule has 2 atom stereocenters. The number of alkyl halides is 1. The van der Waals surface area contributed by atoms with Crippen molar-refractivity contribution in [3.05, 3.63) is 75.1 Å². The van der Waals surface area contributed by atoms with Crippen LogP contribution in [0.4, 0.5) is 0 Å². The minimum atomic E-state index is -0.300. The predicted octanol–water partition coefficient (Wildman–Crippen LogP) is 2.02. The van der Waals surface area contributed by atoms with E-state index < -0.39 is 0 Å². The van der Waals surface area contributed by atoms with Crippen molar-refractivity contribution in [3.8, 4) is 5.69 Å². The number of ether oxygens (including phenoxy) is 1. The largest absolute Gasteiger partial charge is 0.370 e. The van der Waals surface area contributed by atoms with Crippen LogP contribution < -0.4 is 11.4 Å². The van der Waals surface area contributed by atoms with Crippen LogP contribution >= 0.6 is 15.9 Å². The van der Waals surface area contributed by atoms with Crippen LogP contribution in [-0.4, -0.2) is 32.0 Å². The van der Waals surface area contributed by atoms with Crippen molar-refractivity contribution in [2.24, 2.45) is 0 Å². The van der Waals surface area contributed by atoms with Gasteiger partial charge in [0.1, 0.15) is 0 Å². The number of rotatable bonds is 3. The quantitative estimate of drug-likeness (QED) is 0.581. The molecule has 6 nitrogen and oxygen atoms in total. The van der Waals surface area contributed by atoms with Crippen LogP contribution in [0.1, 0.15) is 12.5 Å². The van der Waals surface area contributed by atoms with Crippen LogP contribution in [0.25, 0.3) is 5.69 Å². The molecular formula is C18H18BrN3O3. The molecule has 2 aliphatic heterocycles. The van der Waals surface area contributed by atoms with Gasteiger partial charge in [0, 0.05) is 11.8 Å². The number of aromatic nitrogens is 3. The third-order valence-electron chi connectivity index (χ3n) is 4.68. The van der Waals surface area contributed by atoms with E-state index in [1.54, 1.807) is 16.8 Å². The Morgan fingerprint density at radius 3 is 2.76 bits per heavy atom. The van der Waals surface area contributed by atoms with Crippen LogP contribution in [0, 0.1) is 0 Å². The lowest BCUT2D eigenvalue weighted by molar-refractivity contribution is 0.0485. The summed E-state index contributed by atoms with van der Waals surface area (Å²) in [6.45, 7) is 0.879. The molecule has 0 saturated carbocycles. The van der Waals surface area contributed by atoms with E-state index in [2.05, 4.69) is 15.9 Å². The minimum Gasteiger partial charge on any atom is -0.370 e. The van der Waals surface area contributed by atoms with Crippen molar-refractivity contribution >= 4 is 15.9 Å². The molecule has 2 aromatic rings. The van der Waals surface area contributed by atoms with E-state index in [0.717, 1.165) is 10.9 Å². The lowest BCUT2D eigenvalue weighted by Gasteiger charge is -2.34. The van der Waals surface area contributed by atoms with E-state index in [1.165, 1.54) is 9.25 Å². The number of hydrogen-bond donors (Lipinski definition) is 0. The second-order valence-corrected chi connectivity index (χ2v) is 6.77. The molecule has 0 N–H and O–H groups in total. The molecule has 0 spiro atoms. The van der Waals surface area contributed by atoms with Crippen LogP contribution in [0.5, 0.6) is 0 Å². The maximum atomic E-state index is 13.0.